The van der Waals surface area contributed by atoms with E-state index in [1.54, 1.807) is 29.4 Å². The lowest BCUT2D eigenvalue weighted by Gasteiger charge is -2.23. The fourth-order valence-electron chi connectivity index (χ4n) is 4.14. The Morgan fingerprint density at radius 3 is 2.71 bits per heavy atom. The quantitative estimate of drug-likeness (QED) is 0.841. The predicted octanol–water partition coefficient (Wildman–Crippen LogP) is 1.56. The minimum Gasteiger partial charge on any atom is -0.467 e. The van der Waals surface area contributed by atoms with Gasteiger partial charge in [-0.3, -0.25) is 14.4 Å². The summed E-state index contributed by atoms with van der Waals surface area (Å²) in [5.41, 5.74) is 0.569. The van der Waals surface area contributed by atoms with Gasteiger partial charge in [-0.25, -0.2) is 0 Å². The Balaban J connectivity index is 1.40. The number of hydrogen-bond donors (Lipinski definition) is 2. The highest BCUT2D eigenvalue weighted by Gasteiger charge is 2.42. The first kappa shape index (κ1) is 18.3. The molecule has 0 radical (unpaired) electrons. The van der Waals surface area contributed by atoms with Crippen LogP contribution < -0.4 is 10.6 Å². The topological polar surface area (TPSA) is 91.7 Å². The van der Waals surface area contributed by atoms with Gasteiger partial charge < -0.3 is 20.0 Å². The molecule has 2 N–H and O–H groups in total. The Bertz CT molecular complexity index is 850. The van der Waals surface area contributed by atoms with E-state index < -0.39 is 0 Å². The molecule has 1 saturated heterocycles. The highest BCUT2D eigenvalue weighted by atomic mass is 16.3. The number of furan rings is 1. The van der Waals surface area contributed by atoms with E-state index in [2.05, 4.69) is 10.6 Å². The second kappa shape index (κ2) is 7.88. The van der Waals surface area contributed by atoms with Crippen LogP contribution in [0.25, 0.3) is 0 Å². The number of amides is 3. The largest absolute Gasteiger partial charge is 0.467 e. The van der Waals surface area contributed by atoms with E-state index in [9.17, 15) is 14.4 Å². The lowest BCUT2D eigenvalue weighted by Crippen LogP contribution is -2.39. The average molecular weight is 381 g/mol. The van der Waals surface area contributed by atoms with Crippen molar-refractivity contribution >= 4 is 17.7 Å². The normalized spacial score (nSPS) is 24.2. The first-order chi connectivity index (χ1) is 13.6. The van der Waals surface area contributed by atoms with E-state index in [-0.39, 0.29) is 42.1 Å². The number of carbonyl (C=O) groups is 3. The number of nitrogens with one attached hydrogen (secondary N) is 2. The summed E-state index contributed by atoms with van der Waals surface area (Å²) in [6.45, 7) is 0.873. The van der Waals surface area contributed by atoms with Crippen molar-refractivity contribution in [2.24, 2.45) is 11.8 Å². The summed E-state index contributed by atoms with van der Waals surface area (Å²) in [4.78, 5) is 39.2. The van der Waals surface area contributed by atoms with Gasteiger partial charge in [0.05, 0.1) is 19.4 Å². The van der Waals surface area contributed by atoms with Crippen LogP contribution in [0.3, 0.4) is 0 Å². The molecule has 1 saturated carbocycles. The zero-order valence-corrected chi connectivity index (χ0v) is 15.5. The van der Waals surface area contributed by atoms with E-state index in [0.29, 0.717) is 37.3 Å². The molecule has 7 heteroatoms. The second-order valence-corrected chi connectivity index (χ2v) is 7.45. The van der Waals surface area contributed by atoms with Crippen LogP contribution in [-0.4, -0.2) is 41.8 Å². The van der Waals surface area contributed by atoms with Crippen LogP contribution >= 0.6 is 0 Å². The van der Waals surface area contributed by atoms with Gasteiger partial charge in [-0.15, -0.1) is 0 Å². The van der Waals surface area contributed by atoms with E-state index in [1.807, 2.05) is 24.3 Å². The summed E-state index contributed by atoms with van der Waals surface area (Å²) in [7, 11) is 0. The van der Waals surface area contributed by atoms with Gasteiger partial charge in [0, 0.05) is 24.1 Å². The van der Waals surface area contributed by atoms with Gasteiger partial charge >= 0.3 is 0 Å². The number of rotatable bonds is 4. The number of benzene rings is 1. The Morgan fingerprint density at radius 2 is 1.96 bits per heavy atom. The van der Waals surface area contributed by atoms with Crippen LogP contribution in [0.5, 0.6) is 0 Å². The number of nitrogens with zero attached hydrogens (tertiary/aromatic N) is 1. The Labute approximate surface area is 163 Å². The minimum absolute atomic E-state index is 0.0420. The van der Waals surface area contributed by atoms with Crippen molar-refractivity contribution in [2.45, 2.75) is 25.4 Å². The predicted molar refractivity (Wildman–Crippen MR) is 101 cm³/mol. The first-order valence-corrected chi connectivity index (χ1v) is 9.54. The molecule has 1 aromatic carbocycles. The molecule has 0 bridgehead atoms. The van der Waals surface area contributed by atoms with Crippen molar-refractivity contribution in [3.63, 3.8) is 0 Å². The fraction of sp³-hybridized carbons (Fsp3) is 0.381. The van der Waals surface area contributed by atoms with Crippen LogP contribution in [0.15, 0.2) is 53.1 Å². The standard InChI is InChI=1S/C21H23N3O4/c25-19-13-24(21(27)14-5-2-1-3-6-14)12-16-9-15(10-18(16)23-19)20(26)22-11-17-7-4-8-28-17/h1-8,15-16,18H,9-13H2,(H,22,26)(H,23,25)/t15-,16+,18+/m0/s1. The van der Waals surface area contributed by atoms with E-state index in [4.69, 9.17) is 4.42 Å². The minimum atomic E-state index is -0.183. The number of hydrogen-bond acceptors (Lipinski definition) is 4. The third kappa shape index (κ3) is 3.93. The maximum absolute atomic E-state index is 12.8. The van der Waals surface area contributed by atoms with Crippen molar-refractivity contribution in [3.05, 3.63) is 60.1 Å². The van der Waals surface area contributed by atoms with Crippen LogP contribution in [0, 0.1) is 11.8 Å². The molecular weight excluding hydrogens is 358 g/mol. The van der Waals surface area contributed by atoms with Crippen LogP contribution in [0.4, 0.5) is 0 Å². The molecule has 2 fully saturated rings. The van der Waals surface area contributed by atoms with Crippen LogP contribution in [0.2, 0.25) is 0 Å². The summed E-state index contributed by atoms with van der Waals surface area (Å²) < 4.78 is 5.24. The zero-order chi connectivity index (χ0) is 19.5. The van der Waals surface area contributed by atoms with Crippen molar-refractivity contribution < 1.29 is 18.8 Å². The maximum atomic E-state index is 12.8. The van der Waals surface area contributed by atoms with E-state index in [0.717, 1.165) is 0 Å². The lowest BCUT2D eigenvalue weighted by molar-refractivity contribution is -0.126. The van der Waals surface area contributed by atoms with Crippen molar-refractivity contribution in [1.82, 2.24) is 15.5 Å². The third-order valence-corrected chi connectivity index (χ3v) is 5.53. The molecule has 146 valence electrons. The molecule has 0 unspecified atom stereocenters. The van der Waals surface area contributed by atoms with Gasteiger partial charge in [-0.05, 0) is 43.0 Å². The molecule has 2 heterocycles. The summed E-state index contributed by atoms with van der Waals surface area (Å²) >= 11 is 0. The number of fused-ring (bicyclic) bond motifs is 1. The zero-order valence-electron chi connectivity index (χ0n) is 15.5. The molecule has 28 heavy (non-hydrogen) atoms. The average Bonchev–Trinajstić information content (AvgIpc) is 3.33. The van der Waals surface area contributed by atoms with Gasteiger partial charge in [0.2, 0.25) is 11.8 Å². The van der Waals surface area contributed by atoms with Gasteiger partial charge in [-0.2, -0.15) is 0 Å². The first-order valence-electron chi connectivity index (χ1n) is 9.54. The SMILES string of the molecule is O=C1CN(C(=O)c2ccccc2)C[C@H]2C[C@H](C(=O)NCc3ccco3)C[C@H]2N1. The van der Waals surface area contributed by atoms with Crippen molar-refractivity contribution in [2.75, 3.05) is 13.1 Å². The molecule has 0 spiro atoms. The molecule has 7 nitrogen and oxygen atoms in total. The molecule has 3 atom stereocenters. The van der Waals surface area contributed by atoms with Gasteiger partial charge in [0.1, 0.15) is 5.76 Å². The summed E-state index contributed by atoms with van der Waals surface area (Å²) in [6.07, 6.45) is 2.81. The monoisotopic (exact) mass is 381 g/mol. The third-order valence-electron chi connectivity index (χ3n) is 5.53. The van der Waals surface area contributed by atoms with Crippen molar-refractivity contribution in [1.29, 1.82) is 0 Å². The molecule has 2 aromatic rings. The summed E-state index contributed by atoms with van der Waals surface area (Å²) in [5, 5.41) is 5.90. The van der Waals surface area contributed by atoms with E-state index >= 15 is 0 Å². The van der Waals surface area contributed by atoms with Crippen LogP contribution in [-0.2, 0) is 16.1 Å². The van der Waals surface area contributed by atoms with Crippen LogP contribution in [0.1, 0.15) is 29.0 Å². The summed E-state index contributed by atoms with van der Waals surface area (Å²) in [6, 6.07) is 12.5. The highest BCUT2D eigenvalue weighted by Crippen LogP contribution is 2.33. The Kier molecular flexibility index (Phi) is 5.14. The number of carbonyl (C=O) groups excluding carboxylic acids is 3. The molecular formula is C21H23N3O4. The molecule has 1 aliphatic heterocycles. The smallest absolute Gasteiger partial charge is 0.254 e. The second-order valence-electron chi connectivity index (χ2n) is 7.45. The van der Waals surface area contributed by atoms with E-state index in [1.165, 1.54) is 0 Å². The van der Waals surface area contributed by atoms with Crippen molar-refractivity contribution in [3.8, 4) is 0 Å². The Morgan fingerprint density at radius 1 is 1.14 bits per heavy atom. The summed E-state index contributed by atoms with van der Waals surface area (Å²) in [5.74, 6) is 0.221. The molecule has 1 aliphatic carbocycles. The fourth-order valence-corrected chi connectivity index (χ4v) is 4.14. The Hall–Kier alpha value is -3.09. The molecule has 2 aliphatic rings. The van der Waals surface area contributed by atoms with Gasteiger partial charge in [0.25, 0.3) is 5.91 Å². The maximum Gasteiger partial charge on any atom is 0.254 e. The highest BCUT2D eigenvalue weighted by molar-refractivity contribution is 5.96. The van der Waals surface area contributed by atoms with Gasteiger partial charge in [-0.1, -0.05) is 18.2 Å². The molecule has 3 amide bonds. The lowest BCUT2D eigenvalue weighted by atomic mass is 10.0. The molecule has 4 rings (SSSR count). The molecule has 1 aromatic heterocycles. The van der Waals surface area contributed by atoms with Gasteiger partial charge in [0.15, 0.2) is 0 Å².